The Balaban J connectivity index is 2.34. The highest BCUT2D eigenvalue weighted by atomic mass is 35.5. The predicted molar refractivity (Wildman–Crippen MR) is 111 cm³/mol. The van der Waals surface area contributed by atoms with Crippen molar-refractivity contribution in [2.45, 2.75) is 25.9 Å². The van der Waals surface area contributed by atoms with Crippen LogP contribution in [0.5, 0.6) is 0 Å². The number of likely N-dealkylation sites (N-methyl/N-ethyl adjacent to an activating group) is 1. The van der Waals surface area contributed by atoms with Gasteiger partial charge in [-0.2, -0.15) is 0 Å². The van der Waals surface area contributed by atoms with E-state index >= 15 is 0 Å². The topological polar surface area (TPSA) is 49.4 Å². The number of nitrogens with one attached hydrogen (secondary N) is 1. The lowest BCUT2D eigenvalue weighted by Crippen LogP contribution is -2.47. The van der Waals surface area contributed by atoms with Gasteiger partial charge in [-0.25, -0.2) is 0 Å². The molecule has 0 aromatic heterocycles. The Morgan fingerprint density at radius 1 is 1.04 bits per heavy atom. The highest BCUT2D eigenvalue weighted by molar-refractivity contribution is 6.36. The molecule has 8 heteroatoms. The summed E-state index contributed by atoms with van der Waals surface area (Å²) in [6.07, 6.45) is -0.0367. The minimum atomic E-state index is -0.712. The van der Waals surface area contributed by atoms with Crippen LogP contribution < -0.4 is 5.32 Å². The molecule has 2 rings (SSSR count). The molecule has 0 fully saturated rings. The molecule has 0 saturated heterocycles. The summed E-state index contributed by atoms with van der Waals surface area (Å²) in [4.78, 5) is 26.6. The summed E-state index contributed by atoms with van der Waals surface area (Å²) in [6.45, 7) is 1.79. The van der Waals surface area contributed by atoms with Crippen LogP contribution in [-0.4, -0.2) is 29.8 Å². The van der Waals surface area contributed by atoms with E-state index in [1.165, 1.54) is 11.9 Å². The Morgan fingerprint density at radius 3 is 2.22 bits per heavy atom. The molecule has 2 aromatic carbocycles. The van der Waals surface area contributed by atoms with Gasteiger partial charge in [-0.15, -0.1) is 0 Å². The fourth-order valence-electron chi connectivity index (χ4n) is 2.58. The lowest BCUT2D eigenvalue weighted by molar-refractivity contribution is -0.139. The maximum Gasteiger partial charge on any atom is 0.242 e. The minimum absolute atomic E-state index is 0.0367. The first kappa shape index (κ1) is 21.8. The third-order valence-electron chi connectivity index (χ3n) is 4.16. The monoisotopic (exact) mass is 446 g/mol. The zero-order valence-electron chi connectivity index (χ0n) is 14.7. The number of benzene rings is 2. The molecule has 27 heavy (non-hydrogen) atoms. The van der Waals surface area contributed by atoms with Crippen LogP contribution in [0.25, 0.3) is 0 Å². The molecule has 1 N–H and O–H groups in total. The van der Waals surface area contributed by atoms with Gasteiger partial charge in [-0.05, 0) is 42.3 Å². The third-order valence-corrected chi connectivity index (χ3v) is 5.45. The second-order valence-corrected chi connectivity index (χ2v) is 7.58. The second-order valence-electron chi connectivity index (χ2n) is 5.92. The molecule has 0 aliphatic heterocycles. The van der Waals surface area contributed by atoms with Crippen molar-refractivity contribution in [2.75, 3.05) is 7.05 Å². The van der Waals surface area contributed by atoms with Crippen molar-refractivity contribution >= 4 is 58.2 Å². The van der Waals surface area contributed by atoms with Crippen molar-refractivity contribution in [2.24, 2.45) is 0 Å². The van der Waals surface area contributed by atoms with Gasteiger partial charge in [0.2, 0.25) is 11.8 Å². The Bertz CT molecular complexity index is 837. The van der Waals surface area contributed by atoms with Crippen molar-refractivity contribution in [3.63, 3.8) is 0 Å². The summed E-state index contributed by atoms with van der Waals surface area (Å²) < 4.78 is 0. The minimum Gasteiger partial charge on any atom is -0.357 e. The highest BCUT2D eigenvalue weighted by Crippen LogP contribution is 2.27. The number of nitrogens with zero attached hydrogens (tertiary/aromatic N) is 1. The normalized spacial score (nSPS) is 11.8. The van der Waals surface area contributed by atoms with Gasteiger partial charge in [-0.1, -0.05) is 58.5 Å². The molecule has 0 spiro atoms. The van der Waals surface area contributed by atoms with Crippen LogP contribution in [0, 0.1) is 0 Å². The number of hydrogen-bond acceptors (Lipinski definition) is 2. The number of carbonyl (C=O) groups excluding carboxylic acids is 2. The van der Waals surface area contributed by atoms with Crippen molar-refractivity contribution in [1.29, 1.82) is 0 Å². The fourth-order valence-corrected chi connectivity index (χ4v) is 3.58. The van der Waals surface area contributed by atoms with Gasteiger partial charge in [0.25, 0.3) is 0 Å². The van der Waals surface area contributed by atoms with Crippen LogP contribution >= 0.6 is 46.4 Å². The van der Waals surface area contributed by atoms with Crippen molar-refractivity contribution in [3.05, 3.63) is 67.6 Å². The zero-order valence-corrected chi connectivity index (χ0v) is 17.8. The SMILES string of the molecule is CNC(=O)C(C)N(Cc1ccc(Cl)cc1Cl)C(=O)Cc1c(Cl)cccc1Cl. The molecule has 4 nitrogen and oxygen atoms in total. The molecule has 2 amide bonds. The zero-order chi connectivity index (χ0) is 20.1. The number of hydrogen-bond donors (Lipinski definition) is 1. The molecule has 0 heterocycles. The lowest BCUT2D eigenvalue weighted by Gasteiger charge is -2.29. The predicted octanol–water partition coefficient (Wildman–Crippen LogP) is 5.01. The molecular weight excluding hydrogens is 430 g/mol. The van der Waals surface area contributed by atoms with Gasteiger partial charge in [-0.3, -0.25) is 9.59 Å². The van der Waals surface area contributed by atoms with Crippen LogP contribution in [0.3, 0.4) is 0 Å². The average Bonchev–Trinajstić information content (AvgIpc) is 2.62. The van der Waals surface area contributed by atoms with Crippen molar-refractivity contribution in [1.82, 2.24) is 10.2 Å². The van der Waals surface area contributed by atoms with E-state index in [1.54, 1.807) is 43.3 Å². The Morgan fingerprint density at radius 2 is 1.67 bits per heavy atom. The standard InChI is InChI=1S/C19H18Cl4N2O2/c1-11(19(27)24-2)25(10-12-6-7-13(20)8-17(12)23)18(26)9-14-15(21)4-3-5-16(14)22/h3-8,11H,9-10H2,1-2H3,(H,24,27). The van der Waals surface area contributed by atoms with Crippen LogP contribution in [-0.2, 0) is 22.6 Å². The second kappa shape index (κ2) is 9.65. The fraction of sp³-hybridized carbons (Fsp3) is 0.263. The molecule has 1 unspecified atom stereocenters. The summed E-state index contributed by atoms with van der Waals surface area (Å²) in [5, 5.41) is 4.26. The van der Waals surface area contributed by atoms with E-state index in [2.05, 4.69) is 5.32 Å². The maximum atomic E-state index is 13.0. The maximum absolute atomic E-state index is 13.0. The average molecular weight is 448 g/mol. The summed E-state index contributed by atoms with van der Waals surface area (Å²) in [6, 6.07) is 9.33. The molecule has 0 aliphatic carbocycles. The molecule has 0 bridgehead atoms. The van der Waals surface area contributed by atoms with Gasteiger partial charge < -0.3 is 10.2 Å². The van der Waals surface area contributed by atoms with E-state index in [1.807, 2.05) is 0 Å². The summed E-state index contributed by atoms with van der Waals surface area (Å²) in [5.41, 5.74) is 1.19. The van der Waals surface area contributed by atoms with E-state index in [0.29, 0.717) is 31.2 Å². The third kappa shape index (κ3) is 5.52. The summed E-state index contributed by atoms with van der Waals surface area (Å²) >= 11 is 24.5. The first-order valence-corrected chi connectivity index (χ1v) is 9.63. The largest absolute Gasteiger partial charge is 0.357 e. The van der Waals surface area contributed by atoms with E-state index < -0.39 is 6.04 Å². The van der Waals surface area contributed by atoms with E-state index in [-0.39, 0.29) is 24.8 Å². The lowest BCUT2D eigenvalue weighted by atomic mass is 10.1. The van der Waals surface area contributed by atoms with Gasteiger partial charge >= 0.3 is 0 Å². The Hall–Kier alpha value is -1.46. The quantitative estimate of drug-likeness (QED) is 0.676. The van der Waals surface area contributed by atoms with Gasteiger partial charge in [0.1, 0.15) is 6.04 Å². The molecule has 1 atom stereocenters. The van der Waals surface area contributed by atoms with E-state index in [9.17, 15) is 9.59 Å². The number of rotatable bonds is 6. The van der Waals surface area contributed by atoms with E-state index in [0.717, 1.165) is 0 Å². The van der Waals surface area contributed by atoms with Gasteiger partial charge in [0, 0.05) is 33.7 Å². The summed E-state index contributed by atoms with van der Waals surface area (Å²) in [5.74, 6) is -0.592. The van der Waals surface area contributed by atoms with Crippen molar-refractivity contribution in [3.8, 4) is 0 Å². The molecular formula is C19H18Cl4N2O2. The number of halogens is 4. The Kier molecular flexibility index (Phi) is 7.80. The van der Waals surface area contributed by atoms with Gasteiger partial charge in [0.15, 0.2) is 0 Å². The highest BCUT2D eigenvalue weighted by Gasteiger charge is 2.27. The van der Waals surface area contributed by atoms with Crippen LogP contribution in [0.15, 0.2) is 36.4 Å². The molecule has 0 radical (unpaired) electrons. The first-order chi connectivity index (χ1) is 12.7. The molecule has 2 aromatic rings. The van der Waals surface area contributed by atoms with Crippen molar-refractivity contribution < 1.29 is 9.59 Å². The van der Waals surface area contributed by atoms with Gasteiger partial charge in [0.05, 0.1) is 6.42 Å². The summed E-state index contributed by atoms with van der Waals surface area (Å²) in [7, 11) is 1.52. The molecule has 0 saturated carbocycles. The number of carbonyl (C=O) groups is 2. The Labute approximate surface area is 178 Å². The van der Waals surface area contributed by atoms with Crippen LogP contribution in [0.4, 0.5) is 0 Å². The molecule has 0 aliphatic rings. The smallest absolute Gasteiger partial charge is 0.242 e. The first-order valence-electron chi connectivity index (χ1n) is 8.12. The van der Waals surface area contributed by atoms with E-state index in [4.69, 9.17) is 46.4 Å². The molecule has 144 valence electrons. The van der Waals surface area contributed by atoms with Crippen LogP contribution in [0.1, 0.15) is 18.1 Å². The number of amides is 2. The van der Waals surface area contributed by atoms with Crippen LogP contribution in [0.2, 0.25) is 20.1 Å².